The fourth-order valence-corrected chi connectivity index (χ4v) is 2.29. The lowest BCUT2D eigenvalue weighted by Crippen LogP contribution is -2.57. The lowest BCUT2D eigenvalue weighted by atomic mass is 9.99. The van der Waals surface area contributed by atoms with Crippen molar-refractivity contribution in [3.05, 3.63) is 23.9 Å². The van der Waals surface area contributed by atoms with E-state index >= 15 is 0 Å². The zero-order valence-corrected chi connectivity index (χ0v) is 11.0. The summed E-state index contributed by atoms with van der Waals surface area (Å²) in [7, 11) is 2.19. The minimum Gasteiger partial charge on any atom is -0.384 e. The Kier molecular flexibility index (Phi) is 3.35. The predicted molar refractivity (Wildman–Crippen MR) is 70.6 cm³/mol. The summed E-state index contributed by atoms with van der Waals surface area (Å²) in [5.41, 5.74) is 7.00. The number of piperazine rings is 1. The van der Waals surface area contributed by atoms with Crippen molar-refractivity contribution in [1.82, 2.24) is 14.8 Å². The molecule has 4 nitrogen and oxygen atoms in total. The third-order valence-corrected chi connectivity index (χ3v) is 3.61. The van der Waals surface area contributed by atoms with Crippen LogP contribution in [-0.2, 0) is 6.54 Å². The Hall–Kier alpha value is -1.13. The first kappa shape index (κ1) is 12.3. The molecule has 0 spiro atoms. The van der Waals surface area contributed by atoms with Gasteiger partial charge in [0.1, 0.15) is 5.82 Å². The van der Waals surface area contributed by atoms with Crippen LogP contribution in [0.4, 0.5) is 5.82 Å². The maximum absolute atomic E-state index is 5.70. The Morgan fingerprint density at radius 1 is 1.35 bits per heavy atom. The molecule has 0 bridgehead atoms. The summed E-state index contributed by atoms with van der Waals surface area (Å²) in [6, 6.07) is 5.85. The van der Waals surface area contributed by atoms with Crippen LogP contribution >= 0.6 is 0 Å². The Bertz CT molecular complexity index is 389. The fourth-order valence-electron chi connectivity index (χ4n) is 2.29. The van der Waals surface area contributed by atoms with Crippen LogP contribution in [0.5, 0.6) is 0 Å². The Labute approximate surface area is 103 Å². The van der Waals surface area contributed by atoms with Crippen LogP contribution in [0.3, 0.4) is 0 Å². The summed E-state index contributed by atoms with van der Waals surface area (Å²) >= 11 is 0. The number of hydrogen-bond acceptors (Lipinski definition) is 4. The second kappa shape index (κ2) is 4.63. The van der Waals surface area contributed by atoms with Gasteiger partial charge >= 0.3 is 0 Å². The maximum atomic E-state index is 5.70. The van der Waals surface area contributed by atoms with Crippen LogP contribution in [0.15, 0.2) is 18.2 Å². The molecule has 2 heterocycles. The van der Waals surface area contributed by atoms with Crippen molar-refractivity contribution in [2.24, 2.45) is 0 Å². The van der Waals surface area contributed by atoms with E-state index in [9.17, 15) is 0 Å². The van der Waals surface area contributed by atoms with Gasteiger partial charge in [-0.25, -0.2) is 4.98 Å². The zero-order chi connectivity index (χ0) is 12.5. The predicted octanol–water partition coefficient (Wildman–Crippen LogP) is 1.19. The van der Waals surface area contributed by atoms with Gasteiger partial charge in [0.15, 0.2) is 0 Å². The van der Waals surface area contributed by atoms with Crippen molar-refractivity contribution in [2.45, 2.75) is 25.9 Å². The number of likely N-dealkylation sites (N-methyl/N-ethyl adjacent to an activating group) is 1. The number of rotatable bonds is 2. The second-order valence-electron chi connectivity index (χ2n) is 5.50. The molecule has 2 rings (SSSR count). The lowest BCUT2D eigenvalue weighted by molar-refractivity contribution is 0.0354. The number of nitrogens with two attached hydrogens (primary N) is 1. The van der Waals surface area contributed by atoms with Gasteiger partial charge in [0.05, 0.1) is 5.69 Å². The molecule has 1 aliphatic heterocycles. The Morgan fingerprint density at radius 3 is 2.76 bits per heavy atom. The Morgan fingerprint density at radius 2 is 2.12 bits per heavy atom. The molecular weight excluding hydrogens is 212 g/mol. The van der Waals surface area contributed by atoms with Crippen LogP contribution in [0.1, 0.15) is 19.5 Å². The maximum Gasteiger partial charge on any atom is 0.123 e. The molecule has 17 heavy (non-hydrogen) atoms. The molecule has 1 fully saturated rings. The van der Waals surface area contributed by atoms with Crippen molar-refractivity contribution >= 4 is 5.82 Å². The second-order valence-corrected chi connectivity index (χ2v) is 5.50. The highest BCUT2D eigenvalue weighted by Crippen LogP contribution is 2.20. The monoisotopic (exact) mass is 234 g/mol. The first-order valence-corrected chi connectivity index (χ1v) is 6.12. The zero-order valence-electron chi connectivity index (χ0n) is 11.0. The molecular formula is C13H22N4. The average molecular weight is 234 g/mol. The van der Waals surface area contributed by atoms with Crippen LogP contribution < -0.4 is 5.73 Å². The first-order chi connectivity index (χ1) is 7.97. The molecule has 0 amide bonds. The van der Waals surface area contributed by atoms with Gasteiger partial charge in [-0.2, -0.15) is 0 Å². The number of aromatic nitrogens is 1. The standard InChI is InChI=1S/C13H22N4/c1-13(2)10-17(8-7-16(13)3)9-11-5-4-6-12(14)15-11/h4-6H,7-10H2,1-3H3,(H2,14,15). The molecule has 0 aliphatic carbocycles. The smallest absolute Gasteiger partial charge is 0.123 e. The molecule has 1 saturated heterocycles. The number of nitrogens with zero attached hydrogens (tertiary/aromatic N) is 3. The van der Waals surface area contributed by atoms with E-state index in [4.69, 9.17) is 5.73 Å². The van der Waals surface area contributed by atoms with Gasteiger partial charge in [0.2, 0.25) is 0 Å². The molecule has 0 atom stereocenters. The number of nitrogen functional groups attached to an aromatic ring is 1. The third kappa shape index (κ3) is 2.96. The molecule has 1 aromatic heterocycles. The Balaban J connectivity index is 2.01. The lowest BCUT2D eigenvalue weighted by Gasteiger charge is -2.45. The van der Waals surface area contributed by atoms with Gasteiger partial charge in [-0.1, -0.05) is 6.07 Å². The van der Waals surface area contributed by atoms with E-state index in [1.165, 1.54) is 0 Å². The van der Waals surface area contributed by atoms with Gasteiger partial charge < -0.3 is 5.73 Å². The summed E-state index contributed by atoms with van der Waals surface area (Å²) in [5, 5.41) is 0. The minimum atomic E-state index is 0.235. The van der Waals surface area contributed by atoms with Crippen LogP contribution in [0.2, 0.25) is 0 Å². The molecule has 94 valence electrons. The summed E-state index contributed by atoms with van der Waals surface area (Å²) in [6.07, 6.45) is 0. The van der Waals surface area contributed by atoms with Crippen molar-refractivity contribution in [3.63, 3.8) is 0 Å². The number of anilines is 1. The van der Waals surface area contributed by atoms with Crippen molar-refractivity contribution < 1.29 is 0 Å². The van der Waals surface area contributed by atoms with E-state index in [0.717, 1.165) is 31.9 Å². The van der Waals surface area contributed by atoms with Crippen LogP contribution in [0.25, 0.3) is 0 Å². The fraction of sp³-hybridized carbons (Fsp3) is 0.615. The van der Waals surface area contributed by atoms with Gasteiger partial charge in [0.25, 0.3) is 0 Å². The third-order valence-electron chi connectivity index (χ3n) is 3.61. The quantitative estimate of drug-likeness (QED) is 0.835. The SMILES string of the molecule is CN1CCN(Cc2cccc(N)n2)CC1(C)C. The van der Waals surface area contributed by atoms with Crippen LogP contribution in [-0.4, -0.2) is 47.0 Å². The normalized spacial score (nSPS) is 21.6. The molecule has 1 aromatic rings. The largest absolute Gasteiger partial charge is 0.384 e. The summed E-state index contributed by atoms with van der Waals surface area (Å²) in [4.78, 5) is 9.22. The molecule has 0 radical (unpaired) electrons. The van der Waals surface area contributed by atoms with Gasteiger partial charge in [0, 0.05) is 31.7 Å². The highest BCUT2D eigenvalue weighted by molar-refractivity contribution is 5.28. The molecule has 0 saturated carbocycles. The molecule has 0 unspecified atom stereocenters. The topological polar surface area (TPSA) is 45.4 Å². The first-order valence-electron chi connectivity index (χ1n) is 6.12. The van der Waals surface area contributed by atoms with Gasteiger partial charge in [-0.05, 0) is 33.0 Å². The number of pyridine rings is 1. The molecule has 4 heteroatoms. The minimum absolute atomic E-state index is 0.235. The van der Waals surface area contributed by atoms with Crippen molar-refractivity contribution in [3.8, 4) is 0 Å². The average Bonchev–Trinajstić information content (AvgIpc) is 2.23. The van der Waals surface area contributed by atoms with Crippen LogP contribution in [0, 0.1) is 0 Å². The van der Waals surface area contributed by atoms with E-state index in [-0.39, 0.29) is 5.54 Å². The van der Waals surface area contributed by atoms with E-state index in [2.05, 4.69) is 35.7 Å². The van der Waals surface area contributed by atoms with Crippen molar-refractivity contribution in [2.75, 3.05) is 32.4 Å². The van der Waals surface area contributed by atoms with Crippen molar-refractivity contribution in [1.29, 1.82) is 0 Å². The summed E-state index contributed by atoms with van der Waals surface area (Å²) in [6.45, 7) is 8.73. The van der Waals surface area contributed by atoms with Gasteiger partial charge in [-0.15, -0.1) is 0 Å². The summed E-state index contributed by atoms with van der Waals surface area (Å²) < 4.78 is 0. The highest BCUT2D eigenvalue weighted by atomic mass is 15.3. The molecule has 0 aromatic carbocycles. The number of hydrogen-bond donors (Lipinski definition) is 1. The van der Waals surface area contributed by atoms with E-state index in [1.807, 2.05) is 18.2 Å². The molecule has 2 N–H and O–H groups in total. The van der Waals surface area contributed by atoms with Gasteiger partial charge in [-0.3, -0.25) is 9.80 Å². The van der Waals surface area contributed by atoms with E-state index < -0.39 is 0 Å². The van der Waals surface area contributed by atoms with E-state index in [0.29, 0.717) is 5.82 Å². The summed E-state index contributed by atoms with van der Waals surface area (Å²) in [5.74, 6) is 0.607. The van der Waals surface area contributed by atoms with E-state index in [1.54, 1.807) is 0 Å². The molecule has 1 aliphatic rings. The highest BCUT2D eigenvalue weighted by Gasteiger charge is 2.30.